The van der Waals surface area contributed by atoms with Gasteiger partial charge < -0.3 is 4.90 Å². The lowest BCUT2D eigenvalue weighted by Gasteiger charge is -2.22. The summed E-state index contributed by atoms with van der Waals surface area (Å²) >= 11 is 1.49. The number of sulfone groups is 1. The van der Waals surface area contributed by atoms with Gasteiger partial charge in [0.05, 0.1) is 16.4 Å². The monoisotopic (exact) mass is 287 g/mol. The lowest BCUT2D eigenvalue weighted by molar-refractivity contribution is 0.0752. The van der Waals surface area contributed by atoms with Gasteiger partial charge in [0.15, 0.2) is 9.84 Å². The molecule has 0 aliphatic carbocycles. The number of carbonyl (C=O) groups is 1. The van der Waals surface area contributed by atoms with E-state index in [0.29, 0.717) is 11.3 Å². The van der Waals surface area contributed by atoms with E-state index in [0.717, 1.165) is 6.42 Å². The van der Waals surface area contributed by atoms with Crippen molar-refractivity contribution in [2.24, 2.45) is 0 Å². The number of thiophene rings is 1. The van der Waals surface area contributed by atoms with Crippen LogP contribution in [0, 0.1) is 0 Å². The topological polar surface area (TPSA) is 54.5 Å². The van der Waals surface area contributed by atoms with Gasteiger partial charge in [-0.2, -0.15) is 0 Å². The van der Waals surface area contributed by atoms with Crippen LogP contribution in [-0.2, 0) is 16.3 Å². The van der Waals surface area contributed by atoms with Crippen molar-refractivity contribution in [1.82, 2.24) is 4.90 Å². The van der Waals surface area contributed by atoms with Crippen LogP contribution in [-0.4, -0.2) is 43.8 Å². The van der Waals surface area contributed by atoms with E-state index < -0.39 is 9.84 Å². The molecule has 1 saturated heterocycles. The molecule has 0 N–H and O–H groups in total. The standard InChI is InChI=1S/C12H17NO3S2/c1-3-10-4-5-11(17-10)12(14)13(2)9-6-7-18(15,16)8-9/h4-5,9H,3,6-8H2,1-2H3. The fourth-order valence-electron chi connectivity index (χ4n) is 2.10. The first-order valence-corrected chi connectivity index (χ1v) is 8.63. The van der Waals surface area contributed by atoms with Gasteiger partial charge in [0.2, 0.25) is 0 Å². The average Bonchev–Trinajstić information content (AvgIpc) is 2.93. The highest BCUT2D eigenvalue weighted by molar-refractivity contribution is 7.91. The molecule has 2 heterocycles. The summed E-state index contributed by atoms with van der Waals surface area (Å²) in [4.78, 5) is 15.7. The zero-order valence-electron chi connectivity index (χ0n) is 10.5. The van der Waals surface area contributed by atoms with Gasteiger partial charge in [0.1, 0.15) is 0 Å². The maximum Gasteiger partial charge on any atom is 0.263 e. The van der Waals surface area contributed by atoms with E-state index in [1.165, 1.54) is 16.2 Å². The van der Waals surface area contributed by atoms with E-state index in [4.69, 9.17) is 0 Å². The predicted molar refractivity (Wildman–Crippen MR) is 72.8 cm³/mol. The first-order chi connectivity index (χ1) is 8.43. The Morgan fingerprint density at radius 1 is 1.50 bits per heavy atom. The highest BCUT2D eigenvalue weighted by atomic mass is 32.2. The summed E-state index contributed by atoms with van der Waals surface area (Å²) in [6.07, 6.45) is 1.47. The van der Waals surface area contributed by atoms with Crippen LogP contribution in [0.2, 0.25) is 0 Å². The Morgan fingerprint density at radius 3 is 2.72 bits per heavy atom. The molecule has 2 rings (SSSR count). The summed E-state index contributed by atoms with van der Waals surface area (Å²) < 4.78 is 22.8. The van der Waals surface area contributed by atoms with E-state index in [2.05, 4.69) is 0 Å². The molecule has 0 bridgehead atoms. The van der Waals surface area contributed by atoms with Crippen LogP contribution in [0.1, 0.15) is 27.9 Å². The van der Waals surface area contributed by atoms with Crippen molar-refractivity contribution in [3.63, 3.8) is 0 Å². The van der Waals surface area contributed by atoms with E-state index in [9.17, 15) is 13.2 Å². The van der Waals surface area contributed by atoms with Gasteiger partial charge in [-0.3, -0.25) is 4.79 Å². The van der Waals surface area contributed by atoms with Crippen molar-refractivity contribution in [2.45, 2.75) is 25.8 Å². The molecule has 1 fully saturated rings. The third kappa shape index (κ3) is 2.75. The summed E-state index contributed by atoms with van der Waals surface area (Å²) in [5, 5.41) is 0. The van der Waals surface area contributed by atoms with Crippen molar-refractivity contribution < 1.29 is 13.2 Å². The first-order valence-electron chi connectivity index (χ1n) is 5.99. The second-order valence-corrected chi connectivity index (χ2v) is 7.99. The molecule has 1 unspecified atom stereocenters. The third-order valence-electron chi connectivity index (χ3n) is 3.30. The molecule has 1 aromatic rings. The van der Waals surface area contributed by atoms with E-state index in [1.807, 2.05) is 19.1 Å². The number of amides is 1. The van der Waals surface area contributed by atoms with Crippen LogP contribution >= 0.6 is 11.3 Å². The van der Waals surface area contributed by atoms with Crippen molar-refractivity contribution in [1.29, 1.82) is 0 Å². The van der Waals surface area contributed by atoms with Crippen LogP contribution < -0.4 is 0 Å². The van der Waals surface area contributed by atoms with Crippen molar-refractivity contribution in [2.75, 3.05) is 18.6 Å². The molecule has 1 aromatic heterocycles. The fraction of sp³-hybridized carbons (Fsp3) is 0.583. The number of rotatable bonds is 3. The molecule has 1 atom stereocenters. The van der Waals surface area contributed by atoms with Gasteiger partial charge in [-0.1, -0.05) is 6.92 Å². The van der Waals surface area contributed by atoms with Gasteiger partial charge in [0.25, 0.3) is 5.91 Å². The van der Waals surface area contributed by atoms with Gasteiger partial charge in [0, 0.05) is 18.0 Å². The van der Waals surface area contributed by atoms with Crippen LogP contribution in [0.5, 0.6) is 0 Å². The SMILES string of the molecule is CCc1ccc(C(=O)N(C)C2CCS(=O)(=O)C2)s1. The predicted octanol–water partition coefficient (Wildman–Crippen LogP) is 1.57. The number of hydrogen-bond acceptors (Lipinski definition) is 4. The third-order valence-corrected chi connectivity index (χ3v) is 6.27. The maximum absolute atomic E-state index is 12.2. The largest absolute Gasteiger partial charge is 0.337 e. The summed E-state index contributed by atoms with van der Waals surface area (Å²) in [6.45, 7) is 2.05. The Labute approximate surface area is 112 Å². The van der Waals surface area contributed by atoms with Gasteiger partial charge >= 0.3 is 0 Å². The molecule has 1 amide bonds. The quantitative estimate of drug-likeness (QED) is 0.848. The average molecular weight is 287 g/mol. The molecule has 0 aromatic carbocycles. The van der Waals surface area contributed by atoms with E-state index >= 15 is 0 Å². The molecule has 0 saturated carbocycles. The Balaban J connectivity index is 2.09. The van der Waals surface area contributed by atoms with E-state index in [1.54, 1.807) is 11.9 Å². The molecule has 100 valence electrons. The van der Waals surface area contributed by atoms with Crippen molar-refractivity contribution >= 4 is 27.1 Å². The molecule has 1 aliphatic rings. The second kappa shape index (κ2) is 5.01. The molecule has 1 aliphatic heterocycles. The second-order valence-electron chi connectivity index (χ2n) is 4.59. The number of aryl methyl sites for hydroxylation is 1. The van der Waals surface area contributed by atoms with Crippen LogP contribution in [0.3, 0.4) is 0 Å². The highest BCUT2D eigenvalue weighted by Crippen LogP contribution is 2.22. The smallest absolute Gasteiger partial charge is 0.263 e. The number of nitrogens with zero attached hydrogens (tertiary/aromatic N) is 1. The summed E-state index contributed by atoms with van der Waals surface area (Å²) in [5.74, 6) is 0.225. The highest BCUT2D eigenvalue weighted by Gasteiger charge is 2.33. The molecular weight excluding hydrogens is 270 g/mol. The Kier molecular flexibility index (Phi) is 3.77. The van der Waals surface area contributed by atoms with Gasteiger partial charge in [-0.05, 0) is 25.0 Å². The molecular formula is C12H17NO3S2. The van der Waals surface area contributed by atoms with Crippen LogP contribution in [0.15, 0.2) is 12.1 Å². The fourth-order valence-corrected chi connectivity index (χ4v) is 4.81. The van der Waals surface area contributed by atoms with Crippen LogP contribution in [0.4, 0.5) is 0 Å². The Bertz CT molecular complexity index is 547. The number of hydrogen-bond donors (Lipinski definition) is 0. The summed E-state index contributed by atoms with van der Waals surface area (Å²) in [7, 11) is -1.25. The summed E-state index contributed by atoms with van der Waals surface area (Å²) in [6, 6.07) is 3.61. The van der Waals surface area contributed by atoms with Crippen molar-refractivity contribution in [3.8, 4) is 0 Å². The van der Waals surface area contributed by atoms with E-state index in [-0.39, 0.29) is 23.5 Å². The minimum Gasteiger partial charge on any atom is -0.337 e. The zero-order chi connectivity index (χ0) is 13.3. The lowest BCUT2D eigenvalue weighted by Crippen LogP contribution is -2.37. The Morgan fingerprint density at radius 2 is 2.22 bits per heavy atom. The number of carbonyl (C=O) groups excluding carboxylic acids is 1. The van der Waals surface area contributed by atoms with Gasteiger partial charge in [-0.15, -0.1) is 11.3 Å². The lowest BCUT2D eigenvalue weighted by atomic mass is 10.2. The zero-order valence-corrected chi connectivity index (χ0v) is 12.2. The van der Waals surface area contributed by atoms with Crippen LogP contribution in [0.25, 0.3) is 0 Å². The molecule has 18 heavy (non-hydrogen) atoms. The molecule has 6 heteroatoms. The minimum atomic E-state index is -2.95. The molecule has 0 radical (unpaired) electrons. The van der Waals surface area contributed by atoms with Crippen molar-refractivity contribution in [3.05, 3.63) is 21.9 Å². The van der Waals surface area contributed by atoms with Gasteiger partial charge in [-0.25, -0.2) is 8.42 Å². The normalized spacial score (nSPS) is 22.0. The minimum absolute atomic E-state index is 0.0678. The summed E-state index contributed by atoms with van der Waals surface area (Å²) in [5.41, 5.74) is 0. The Hall–Kier alpha value is -0.880. The molecule has 4 nitrogen and oxygen atoms in total. The maximum atomic E-state index is 12.2. The first kappa shape index (κ1) is 13.5. The molecule has 0 spiro atoms.